The summed E-state index contributed by atoms with van der Waals surface area (Å²) >= 11 is 0. The molecule has 0 aliphatic rings. The fourth-order valence-electron chi connectivity index (χ4n) is 5.55. The second kappa shape index (κ2) is 14.1. The van der Waals surface area contributed by atoms with Crippen LogP contribution in [-0.4, -0.2) is 18.0 Å². The molecule has 0 fully saturated rings. The van der Waals surface area contributed by atoms with Crippen molar-refractivity contribution in [1.29, 1.82) is 0 Å². The van der Waals surface area contributed by atoms with E-state index < -0.39 is 27.6 Å². The topological polar surface area (TPSA) is 38.9 Å². The summed E-state index contributed by atoms with van der Waals surface area (Å²) in [4.78, 5) is 8.72. The predicted molar refractivity (Wildman–Crippen MR) is 195 cm³/mol. The Bertz CT molecular complexity index is 2330. The first kappa shape index (κ1) is 27.7. The molecular weight excluding hydrogens is 788 g/mol. The fraction of sp³-hybridized carbons (Fsp3) is 0.190. The van der Waals surface area contributed by atoms with E-state index in [1.54, 1.807) is 12.1 Å². The molecule has 0 spiro atoms. The normalized spacial score (nSPS) is 14.0. The number of fused-ring (bicyclic) bond motifs is 3. The maximum absolute atomic E-state index is 13.9. The Balaban J connectivity index is 0.000000230. The molecule has 0 N–H and O–H groups in total. The molecule has 0 aliphatic heterocycles. The SMILES string of the molecule is [2H]C([2H])([2H])c1c[c-]c(-c2cc(F)ccn2)c2oc3ccc(C(C)(C)c4ccccc4)cc3c12.[2H]C([2H])([2H])c1c[c-]c(-c2ccc([Si](C)(C)C)cn2)cc1.[Ir]. The largest absolute Gasteiger partial charge is 0.501 e. The van der Waals surface area contributed by atoms with E-state index in [1.807, 2.05) is 48.7 Å². The summed E-state index contributed by atoms with van der Waals surface area (Å²) in [5.74, 6) is -0.440. The van der Waals surface area contributed by atoms with E-state index in [2.05, 4.69) is 73.8 Å². The first-order valence-electron chi connectivity index (χ1n) is 18.4. The van der Waals surface area contributed by atoms with E-state index in [4.69, 9.17) is 12.6 Å². The Morgan fingerprint density at radius 2 is 1.62 bits per heavy atom. The van der Waals surface area contributed by atoms with Gasteiger partial charge in [-0.05, 0) is 52.0 Å². The monoisotopic (exact) mass is 833 g/mol. The van der Waals surface area contributed by atoms with Gasteiger partial charge in [0.2, 0.25) is 0 Å². The van der Waals surface area contributed by atoms with Crippen molar-refractivity contribution in [3.8, 4) is 22.5 Å². The third kappa shape index (κ3) is 7.27. The number of rotatable bonds is 5. The van der Waals surface area contributed by atoms with E-state index in [1.165, 1.54) is 35.6 Å². The van der Waals surface area contributed by atoms with E-state index in [0.29, 0.717) is 38.8 Å². The molecule has 4 aromatic carbocycles. The zero-order valence-corrected chi connectivity index (χ0v) is 30.8. The zero-order valence-electron chi connectivity index (χ0n) is 33.4. The molecule has 0 atom stereocenters. The van der Waals surface area contributed by atoms with Gasteiger partial charge in [0, 0.05) is 51.5 Å². The third-order valence-corrected chi connectivity index (χ3v) is 10.5. The minimum absolute atomic E-state index is 0. The Morgan fingerprint density at radius 3 is 2.27 bits per heavy atom. The maximum Gasteiger partial charge on any atom is 0.120 e. The van der Waals surface area contributed by atoms with Crippen LogP contribution in [0.15, 0.2) is 114 Å². The number of halogens is 1. The van der Waals surface area contributed by atoms with Crippen molar-refractivity contribution in [3.05, 3.63) is 150 Å². The molecule has 0 unspecified atom stereocenters. The van der Waals surface area contributed by atoms with Gasteiger partial charge in [-0.3, -0.25) is 0 Å². The number of hydrogen-bond donors (Lipinski definition) is 0. The van der Waals surface area contributed by atoms with Crippen LogP contribution in [0.25, 0.3) is 44.5 Å². The van der Waals surface area contributed by atoms with Crippen LogP contribution in [0.3, 0.4) is 0 Å². The summed E-state index contributed by atoms with van der Waals surface area (Å²) < 4.78 is 66.3. The Kier molecular flexibility index (Phi) is 8.13. The van der Waals surface area contributed by atoms with Gasteiger partial charge >= 0.3 is 0 Å². The number of hydrogen-bond acceptors (Lipinski definition) is 3. The summed E-state index contributed by atoms with van der Waals surface area (Å²) in [6.07, 6.45) is 3.29. The van der Waals surface area contributed by atoms with Crippen LogP contribution >= 0.6 is 0 Å². The van der Waals surface area contributed by atoms with Crippen molar-refractivity contribution in [2.24, 2.45) is 0 Å². The molecule has 0 saturated carbocycles. The molecule has 3 nitrogen and oxygen atoms in total. The molecule has 0 bridgehead atoms. The minimum Gasteiger partial charge on any atom is -0.501 e. The van der Waals surface area contributed by atoms with Crippen LogP contribution < -0.4 is 5.19 Å². The molecule has 3 heterocycles. The average Bonchev–Trinajstić information content (AvgIpc) is 3.50. The summed E-state index contributed by atoms with van der Waals surface area (Å²) in [7, 11) is -1.34. The van der Waals surface area contributed by atoms with Gasteiger partial charge in [0.1, 0.15) is 11.4 Å². The van der Waals surface area contributed by atoms with Gasteiger partial charge in [-0.15, -0.1) is 53.1 Å². The first-order valence-corrected chi connectivity index (χ1v) is 18.9. The van der Waals surface area contributed by atoms with E-state index >= 15 is 0 Å². The Labute approximate surface area is 306 Å². The number of aromatic nitrogens is 2. The third-order valence-electron chi connectivity index (χ3n) is 8.46. The molecule has 3 aromatic heterocycles. The second-order valence-electron chi connectivity index (χ2n) is 13.1. The number of pyridine rings is 2. The molecule has 0 amide bonds. The van der Waals surface area contributed by atoms with Gasteiger partial charge in [0.05, 0.1) is 13.7 Å². The summed E-state index contributed by atoms with van der Waals surface area (Å²) in [5, 5.41) is 2.49. The quantitative estimate of drug-likeness (QED) is 0.128. The van der Waals surface area contributed by atoms with Crippen molar-refractivity contribution in [2.45, 2.75) is 52.6 Å². The molecule has 0 saturated heterocycles. The van der Waals surface area contributed by atoms with E-state index in [9.17, 15) is 4.39 Å². The van der Waals surface area contributed by atoms with Crippen molar-refractivity contribution in [3.63, 3.8) is 0 Å². The van der Waals surface area contributed by atoms with Gasteiger partial charge in [0.25, 0.3) is 0 Å². The van der Waals surface area contributed by atoms with Crippen molar-refractivity contribution in [2.75, 3.05) is 0 Å². The molecule has 7 aromatic rings. The van der Waals surface area contributed by atoms with Gasteiger partial charge in [-0.2, -0.15) is 0 Å². The standard InChI is InChI=1S/C27H21FNO.C15H18NSi.Ir/c1-17-9-11-21(23-16-20(28)13-14-29-23)26-25(17)22-15-19(10-12-24(22)30-26)27(2,3)18-7-5-4-6-8-18;1-12-5-7-13(8-6-12)15-10-9-14(11-16-15)17(2,3)4;/h4-10,12-16H,1-3H3;5-7,9-11H,1-4H3;/q2*-1;/i2*1D3;. The number of nitrogens with zero attached hydrogens (tertiary/aromatic N) is 2. The van der Waals surface area contributed by atoms with Crippen molar-refractivity contribution < 1.29 is 37.1 Å². The van der Waals surface area contributed by atoms with Gasteiger partial charge < -0.3 is 14.4 Å². The smallest absolute Gasteiger partial charge is 0.120 e. The fourth-order valence-corrected chi connectivity index (χ4v) is 6.58. The molecular formula is C42H39FIrN2OSi-2. The van der Waals surface area contributed by atoms with Crippen molar-refractivity contribution >= 4 is 35.2 Å². The summed E-state index contributed by atoms with van der Waals surface area (Å²) in [6, 6.07) is 35.0. The molecule has 0 aliphatic carbocycles. The van der Waals surface area contributed by atoms with E-state index in [-0.39, 0.29) is 31.1 Å². The first-order chi connectivity index (χ1) is 24.8. The van der Waals surface area contributed by atoms with E-state index in [0.717, 1.165) is 22.4 Å². The van der Waals surface area contributed by atoms with Crippen LogP contribution in [0.4, 0.5) is 4.39 Å². The number of furan rings is 1. The van der Waals surface area contributed by atoms with Gasteiger partial charge in [0.15, 0.2) is 0 Å². The number of benzene rings is 4. The summed E-state index contributed by atoms with van der Waals surface area (Å²) in [6.45, 7) is 6.65. The van der Waals surface area contributed by atoms with Crippen LogP contribution in [0.1, 0.15) is 44.3 Å². The summed E-state index contributed by atoms with van der Waals surface area (Å²) in [5.41, 5.74) is 5.61. The van der Waals surface area contributed by atoms with Gasteiger partial charge in [-0.25, -0.2) is 4.39 Å². The number of aryl methyl sites for hydroxylation is 2. The van der Waals surface area contributed by atoms with Crippen LogP contribution in [0.2, 0.25) is 19.6 Å². The minimum atomic E-state index is -2.37. The molecule has 245 valence electrons. The van der Waals surface area contributed by atoms with Crippen molar-refractivity contribution in [1.82, 2.24) is 9.97 Å². The second-order valence-corrected chi connectivity index (χ2v) is 18.2. The molecule has 1 radical (unpaired) electrons. The molecule has 48 heavy (non-hydrogen) atoms. The molecule has 6 heteroatoms. The van der Waals surface area contributed by atoms with Crippen LogP contribution in [0.5, 0.6) is 0 Å². The van der Waals surface area contributed by atoms with Crippen LogP contribution in [-0.2, 0) is 25.5 Å². The predicted octanol–water partition coefficient (Wildman–Crippen LogP) is 10.6. The maximum atomic E-state index is 13.9. The average molecular weight is 833 g/mol. The Hall–Kier alpha value is -4.22. The van der Waals surface area contributed by atoms with Crippen LogP contribution in [0, 0.1) is 31.7 Å². The Morgan fingerprint density at radius 1 is 0.812 bits per heavy atom. The zero-order chi connectivity index (χ0) is 38.3. The molecule has 7 rings (SSSR count). The van der Waals surface area contributed by atoms with Gasteiger partial charge in [-0.1, -0.05) is 107 Å².